The molecule has 0 bridgehead atoms. The van der Waals surface area contributed by atoms with Gasteiger partial charge in [-0.15, -0.1) is 0 Å². The Kier molecular flexibility index (Phi) is 6.29. The van der Waals surface area contributed by atoms with Crippen LogP contribution in [0.1, 0.15) is 31.0 Å². The number of aromatic nitrogens is 1. The van der Waals surface area contributed by atoms with Gasteiger partial charge in [-0.25, -0.2) is 4.79 Å². The molecule has 2 aromatic rings. The van der Waals surface area contributed by atoms with Crippen molar-refractivity contribution in [3.05, 3.63) is 68.1 Å². The minimum atomic E-state index is -0.375. The first kappa shape index (κ1) is 18.4. The molecule has 0 aliphatic rings. The number of hydrogen-bond acceptors (Lipinski definition) is 2. The molecule has 0 spiro atoms. The Morgan fingerprint density at radius 2 is 2.04 bits per heavy atom. The van der Waals surface area contributed by atoms with Crippen LogP contribution in [0, 0.1) is 0 Å². The van der Waals surface area contributed by atoms with Crippen LogP contribution in [0.25, 0.3) is 0 Å². The Morgan fingerprint density at radius 3 is 2.71 bits per heavy atom. The van der Waals surface area contributed by atoms with E-state index in [1.54, 1.807) is 41.1 Å². The van der Waals surface area contributed by atoms with Gasteiger partial charge in [0.15, 0.2) is 0 Å². The van der Waals surface area contributed by atoms with Crippen molar-refractivity contribution in [2.75, 3.05) is 0 Å². The molecule has 2 rings (SSSR count). The second-order valence-electron chi connectivity index (χ2n) is 5.34. The average molecular weight is 368 g/mol. The standard InChI is InChI=1S/C17H19Cl2N3O2/c1-3-22-8-4-5-12(16(22)23)10-20-17(24)21-11(2)14-7-6-13(18)9-15(14)19/h4-9,11H,3,10H2,1-2H3,(H2,20,21,24)/t11-/m0/s1. The maximum absolute atomic E-state index is 12.1. The SMILES string of the molecule is CCn1cccc(CNC(=O)N[C@@H](C)c2ccc(Cl)cc2Cl)c1=O. The number of rotatable bonds is 5. The lowest BCUT2D eigenvalue weighted by molar-refractivity contribution is 0.237. The topological polar surface area (TPSA) is 63.1 Å². The molecule has 2 amide bonds. The minimum absolute atomic E-state index is 0.103. The zero-order valence-electron chi connectivity index (χ0n) is 13.5. The first-order chi connectivity index (χ1) is 11.4. The number of urea groups is 1. The maximum atomic E-state index is 12.1. The molecule has 0 saturated carbocycles. The molecule has 2 N–H and O–H groups in total. The molecule has 0 unspecified atom stereocenters. The number of hydrogen-bond donors (Lipinski definition) is 2. The Balaban J connectivity index is 1.97. The molecule has 1 aromatic heterocycles. The van der Waals surface area contributed by atoms with Crippen molar-refractivity contribution in [2.24, 2.45) is 0 Å². The molecule has 7 heteroatoms. The van der Waals surface area contributed by atoms with Crippen molar-refractivity contribution in [3.8, 4) is 0 Å². The number of pyridine rings is 1. The molecule has 5 nitrogen and oxygen atoms in total. The smallest absolute Gasteiger partial charge is 0.315 e. The van der Waals surface area contributed by atoms with Gasteiger partial charge in [-0.05, 0) is 37.6 Å². The van der Waals surface area contributed by atoms with E-state index in [4.69, 9.17) is 23.2 Å². The molecule has 1 aromatic carbocycles. The Labute approximate surface area is 150 Å². The van der Waals surface area contributed by atoms with E-state index in [1.807, 2.05) is 13.8 Å². The second kappa shape index (κ2) is 8.22. The molecule has 0 fully saturated rings. The van der Waals surface area contributed by atoms with E-state index in [-0.39, 0.29) is 24.2 Å². The van der Waals surface area contributed by atoms with Crippen molar-refractivity contribution in [2.45, 2.75) is 33.0 Å². The van der Waals surface area contributed by atoms with Gasteiger partial charge in [-0.2, -0.15) is 0 Å². The largest absolute Gasteiger partial charge is 0.334 e. The van der Waals surface area contributed by atoms with Crippen LogP contribution < -0.4 is 16.2 Å². The van der Waals surface area contributed by atoms with E-state index >= 15 is 0 Å². The first-order valence-electron chi connectivity index (χ1n) is 7.60. The molecule has 0 aliphatic heterocycles. The van der Waals surface area contributed by atoms with E-state index in [2.05, 4.69) is 10.6 Å². The highest BCUT2D eigenvalue weighted by atomic mass is 35.5. The summed E-state index contributed by atoms with van der Waals surface area (Å²) in [5.41, 5.74) is 1.20. The van der Waals surface area contributed by atoms with Gasteiger partial charge in [0.2, 0.25) is 0 Å². The highest BCUT2D eigenvalue weighted by molar-refractivity contribution is 6.35. The predicted octanol–water partition coefficient (Wildman–Crippen LogP) is 3.74. The van der Waals surface area contributed by atoms with E-state index in [0.29, 0.717) is 22.2 Å². The van der Waals surface area contributed by atoms with Crippen molar-refractivity contribution in [3.63, 3.8) is 0 Å². The van der Waals surface area contributed by atoms with Gasteiger partial charge in [0.05, 0.1) is 6.04 Å². The van der Waals surface area contributed by atoms with Crippen LogP contribution in [0.4, 0.5) is 4.79 Å². The van der Waals surface area contributed by atoms with Gasteiger partial charge in [0.25, 0.3) is 5.56 Å². The van der Waals surface area contributed by atoms with Crippen molar-refractivity contribution < 1.29 is 4.79 Å². The predicted molar refractivity (Wildman–Crippen MR) is 96.6 cm³/mol. The quantitative estimate of drug-likeness (QED) is 0.845. The maximum Gasteiger partial charge on any atom is 0.315 e. The fourth-order valence-corrected chi connectivity index (χ4v) is 2.90. The molecule has 0 radical (unpaired) electrons. The molecular formula is C17H19Cl2N3O2. The summed E-state index contributed by atoms with van der Waals surface area (Å²) >= 11 is 12.0. The molecule has 24 heavy (non-hydrogen) atoms. The number of benzene rings is 1. The van der Waals surface area contributed by atoms with E-state index in [1.165, 1.54) is 0 Å². The summed E-state index contributed by atoms with van der Waals surface area (Å²) in [4.78, 5) is 24.1. The van der Waals surface area contributed by atoms with Gasteiger partial charge in [0.1, 0.15) is 0 Å². The van der Waals surface area contributed by atoms with Crippen LogP contribution in [-0.4, -0.2) is 10.6 Å². The summed E-state index contributed by atoms with van der Waals surface area (Å²) in [7, 11) is 0. The third-order valence-corrected chi connectivity index (χ3v) is 4.22. The number of carbonyl (C=O) groups excluding carboxylic acids is 1. The van der Waals surface area contributed by atoms with Crippen molar-refractivity contribution >= 4 is 29.2 Å². The van der Waals surface area contributed by atoms with Crippen LogP contribution in [0.2, 0.25) is 10.0 Å². The first-order valence-corrected chi connectivity index (χ1v) is 8.35. The second-order valence-corrected chi connectivity index (χ2v) is 6.18. The number of amides is 2. The summed E-state index contributed by atoms with van der Waals surface area (Å²) < 4.78 is 1.59. The van der Waals surface area contributed by atoms with E-state index in [9.17, 15) is 9.59 Å². The monoisotopic (exact) mass is 367 g/mol. The van der Waals surface area contributed by atoms with Crippen LogP contribution in [0.5, 0.6) is 0 Å². The molecule has 0 aliphatic carbocycles. The number of aryl methyl sites for hydroxylation is 1. The van der Waals surface area contributed by atoms with Gasteiger partial charge < -0.3 is 15.2 Å². The third-order valence-electron chi connectivity index (χ3n) is 3.66. The van der Waals surface area contributed by atoms with Gasteiger partial charge in [-0.3, -0.25) is 4.79 Å². The van der Waals surface area contributed by atoms with Crippen LogP contribution in [-0.2, 0) is 13.1 Å². The van der Waals surface area contributed by atoms with E-state index in [0.717, 1.165) is 5.56 Å². The van der Waals surface area contributed by atoms with Crippen LogP contribution >= 0.6 is 23.2 Å². The lowest BCUT2D eigenvalue weighted by Crippen LogP contribution is -2.38. The highest BCUT2D eigenvalue weighted by Gasteiger charge is 2.13. The average Bonchev–Trinajstić information content (AvgIpc) is 2.53. The van der Waals surface area contributed by atoms with Gasteiger partial charge in [-0.1, -0.05) is 35.3 Å². The fourth-order valence-electron chi connectivity index (χ4n) is 2.32. The molecule has 128 valence electrons. The highest BCUT2D eigenvalue weighted by Crippen LogP contribution is 2.25. The zero-order chi connectivity index (χ0) is 17.7. The number of nitrogens with one attached hydrogen (secondary N) is 2. The molecular weight excluding hydrogens is 349 g/mol. The molecule has 1 heterocycles. The summed E-state index contributed by atoms with van der Waals surface area (Å²) in [5.74, 6) is 0. The minimum Gasteiger partial charge on any atom is -0.334 e. The third kappa shape index (κ3) is 4.52. The summed E-state index contributed by atoms with van der Waals surface area (Å²) in [6.45, 7) is 4.46. The summed E-state index contributed by atoms with van der Waals surface area (Å²) in [5, 5.41) is 6.51. The number of halogens is 2. The van der Waals surface area contributed by atoms with Crippen LogP contribution in [0.3, 0.4) is 0 Å². The normalized spacial score (nSPS) is 11.8. The van der Waals surface area contributed by atoms with Crippen molar-refractivity contribution in [1.29, 1.82) is 0 Å². The molecule has 1 atom stereocenters. The Morgan fingerprint density at radius 1 is 1.29 bits per heavy atom. The van der Waals surface area contributed by atoms with E-state index < -0.39 is 0 Å². The summed E-state index contributed by atoms with van der Waals surface area (Å²) in [6.07, 6.45) is 1.72. The van der Waals surface area contributed by atoms with Crippen molar-refractivity contribution in [1.82, 2.24) is 15.2 Å². The molecule has 0 saturated heterocycles. The number of nitrogens with zero attached hydrogens (tertiary/aromatic N) is 1. The lowest BCUT2D eigenvalue weighted by atomic mass is 10.1. The van der Waals surface area contributed by atoms with Gasteiger partial charge >= 0.3 is 6.03 Å². The Hall–Kier alpha value is -1.98. The van der Waals surface area contributed by atoms with Gasteiger partial charge in [0, 0.05) is 34.9 Å². The summed E-state index contributed by atoms with van der Waals surface area (Å²) in [6, 6.07) is 7.94. The van der Waals surface area contributed by atoms with Crippen LogP contribution in [0.15, 0.2) is 41.3 Å². The lowest BCUT2D eigenvalue weighted by Gasteiger charge is -2.16. The fraction of sp³-hybridized carbons (Fsp3) is 0.294. The number of carbonyl (C=O) groups is 1. The zero-order valence-corrected chi connectivity index (χ0v) is 15.0. The Bertz CT molecular complexity index is 790.